The van der Waals surface area contributed by atoms with Gasteiger partial charge in [0.1, 0.15) is 17.2 Å². The molecule has 4 aromatic rings. The average Bonchev–Trinajstić information content (AvgIpc) is 3.58. The van der Waals surface area contributed by atoms with Crippen LogP contribution in [0.5, 0.6) is 0 Å². The molecule has 0 spiro atoms. The molecule has 3 heterocycles. The molecule has 8 nitrogen and oxygen atoms in total. The molecule has 1 unspecified atom stereocenters. The summed E-state index contributed by atoms with van der Waals surface area (Å²) in [5.74, 6) is -0.0508. The predicted molar refractivity (Wildman–Crippen MR) is 128 cm³/mol. The van der Waals surface area contributed by atoms with E-state index in [0.717, 1.165) is 5.56 Å². The van der Waals surface area contributed by atoms with Gasteiger partial charge in [-0.1, -0.05) is 23.4 Å². The van der Waals surface area contributed by atoms with Crippen molar-refractivity contribution in [2.75, 3.05) is 20.3 Å². The molecule has 1 aliphatic heterocycles. The molecule has 0 saturated carbocycles. The number of hydrogen-bond donors (Lipinski definition) is 1. The summed E-state index contributed by atoms with van der Waals surface area (Å²) in [6, 6.07) is 13.1. The Kier molecular flexibility index (Phi) is 6.42. The van der Waals surface area contributed by atoms with Gasteiger partial charge in [-0.25, -0.2) is 17.8 Å². The summed E-state index contributed by atoms with van der Waals surface area (Å²) in [4.78, 5) is 9.07. The molecule has 10 heteroatoms. The summed E-state index contributed by atoms with van der Waals surface area (Å²) in [6.45, 7) is 1.24. The van der Waals surface area contributed by atoms with Crippen molar-refractivity contribution in [3.8, 4) is 34.0 Å². The molecule has 35 heavy (non-hydrogen) atoms. The van der Waals surface area contributed by atoms with E-state index in [2.05, 4.69) is 20.4 Å². The maximum Gasteiger partial charge on any atom is 0.187 e. The molecule has 0 aliphatic carbocycles. The Labute approximate surface area is 202 Å². The highest BCUT2D eigenvalue weighted by Crippen LogP contribution is 2.29. The molecule has 0 amide bonds. The van der Waals surface area contributed by atoms with E-state index in [9.17, 15) is 12.8 Å². The smallest absolute Gasteiger partial charge is 0.187 e. The molecule has 0 bridgehead atoms. The van der Waals surface area contributed by atoms with Gasteiger partial charge in [0, 0.05) is 30.3 Å². The Morgan fingerprint density at radius 3 is 2.57 bits per heavy atom. The number of aromatic nitrogens is 3. The second kappa shape index (κ2) is 9.65. The second-order valence-electron chi connectivity index (χ2n) is 8.27. The highest BCUT2D eigenvalue weighted by molar-refractivity contribution is 7.92. The molecular weight excluding hydrogens is 471 g/mol. The predicted octanol–water partition coefficient (Wildman–Crippen LogP) is 3.89. The van der Waals surface area contributed by atoms with E-state index in [1.54, 1.807) is 49.6 Å². The van der Waals surface area contributed by atoms with E-state index in [0.29, 0.717) is 53.5 Å². The van der Waals surface area contributed by atoms with Crippen molar-refractivity contribution in [2.45, 2.75) is 23.1 Å². The lowest BCUT2D eigenvalue weighted by molar-refractivity contribution is 0.198. The van der Waals surface area contributed by atoms with Gasteiger partial charge in [0.2, 0.25) is 0 Å². The first-order chi connectivity index (χ1) is 17.0. The minimum absolute atomic E-state index is 0.223. The number of hydrogen-bond acceptors (Lipinski definition) is 8. The first kappa shape index (κ1) is 23.3. The largest absolute Gasteiger partial charge is 0.380 e. The molecular formula is C25H23FN4O4S. The Bertz CT molecular complexity index is 1450. The SMILES string of the molecule is CNCc1ccc(-c2cc(-c3cncc(-c4ccc(S(=O)(=O)C5CCOC5)cc4)n3)on2)c(F)c1. The van der Waals surface area contributed by atoms with Crippen LogP contribution in [0.1, 0.15) is 12.0 Å². The van der Waals surface area contributed by atoms with Crippen LogP contribution in [0.4, 0.5) is 4.39 Å². The quantitative estimate of drug-likeness (QED) is 0.412. The normalized spacial score (nSPS) is 16.0. The van der Waals surface area contributed by atoms with Crippen LogP contribution in [0.25, 0.3) is 34.0 Å². The number of nitrogens with zero attached hydrogens (tertiary/aromatic N) is 3. The van der Waals surface area contributed by atoms with Gasteiger partial charge in [0.05, 0.1) is 34.8 Å². The van der Waals surface area contributed by atoms with E-state index in [1.165, 1.54) is 12.3 Å². The number of sulfone groups is 1. The number of ether oxygens (including phenoxy) is 1. The number of halogens is 1. The topological polar surface area (TPSA) is 107 Å². The van der Waals surface area contributed by atoms with E-state index in [4.69, 9.17) is 9.26 Å². The van der Waals surface area contributed by atoms with Crippen molar-refractivity contribution in [1.82, 2.24) is 20.4 Å². The zero-order chi connectivity index (χ0) is 24.4. The maximum absolute atomic E-state index is 14.6. The second-order valence-corrected chi connectivity index (χ2v) is 10.5. The monoisotopic (exact) mass is 494 g/mol. The summed E-state index contributed by atoms with van der Waals surface area (Å²) in [6.07, 6.45) is 3.61. The fourth-order valence-electron chi connectivity index (χ4n) is 3.99. The van der Waals surface area contributed by atoms with Gasteiger partial charge < -0.3 is 14.6 Å². The van der Waals surface area contributed by atoms with Gasteiger partial charge in [0.15, 0.2) is 15.6 Å². The van der Waals surface area contributed by atoms with E-state index >= 15 is 0 Å². The van der Waals surface area contributed by atoms with E-state index < -0.39 is 20.9 Å². The molecule has 1 atom stereocenters. The first-order valence-corrected chi connectivity index (χ1v) is 12.6. The van der Waals surface area contributed by atoms with Gasteiger partial charge >= 0.3 is 0 Å². The van der Waals surface area contributed by atoms with Crippen LogP contribution in [-0.2, 0) is 21.1 Å². The summed E-state index contributed by atoms with van der Waals surface area (Å²) in [5, 5.41) is 6.48. The fraction of sp³-hybridized carbons (Fsp3) is 0.240. The molecule has 0 radical (unpaired) electrons. The Hall–Kier alpha value is -3.47. The van der Waals surface area contributed by atoms with Crippen molar-refractivity contribution in [2.24, 2.45) is 0 Å². The van der Waals surface area contributed by atoms with Crippen LogP contribution in [0.3, 0.4) is 0 Å². The number of nitrogens with one attached hydrogen (secondary N) is 1. The van der Waals surface area contributed by atoms with E-state index in [-0.39, 0.29) is 11.5 Å². The molecule has 5 rings (SSSR count). The van der Waals surface area contributed by atoms with Crippen LogP contribution in [0, 0.1) is 5.82 Å². The van der Waals surface area contributed by atoms with Crippen LogP contribution in [0.15, 0.2) is 70.3 Å². The van der Waals surface area contributed by atoms with Crippen LogP contribution in [-0.4, -0.2) is 49.1 Å². The minimum atomic E-state index is -3.44. The molecule has 1 saturated heterocycles. The lowest BCUT2D eigenvalue weighted by Crippen LogP contribution is -2.21. The van der Waals surface area contributed by atoms with Gasteiger partial charge in [-0.15, -0.1) is 0 Å². The van der Waals surface area contributed by atoms with Gasteiger partial charge in [0.25, 0.3) is 0 Å². The zero-order valence-corrected chi connectivity index (χ0v) is 19.8. The lowest BCUT2D eigenvalue weighted by atomic mass is 10.1. The maximum atomic E-state index is 14.6. The first-order valence-electron chi connectivity index (χ1n) is 11.1. The third kappa shape index (κ3) is 4.72. The van der Waals surface area contributed by atoms with Crippen molar-refractivity contribution in [3.63, 3.8) is 0 Å². The van der Waals surface area contributed by atoms with Gasteiger partial charge in [-0.3, -0.25) is 4.98 Å². The van der Waals surface area contributed by atoms with Gasteiger partial charge in [-0.05, 0) is 43.3 Å². The molecule has 1 fully saturated rings. The lowest BCUT2D eigenvalue weighted by Gasteiger charge is -2.10. The van der Waals surface area contributed by atoms with Crippen LogP contribution < -0.4 is 5.32 Å². The summed E-state index contributed by atoms with van der Waals surface area (Å²) in [5.41, 5.74) is 3.17. The summed E-state index contributed by atoms with van der Waals surface area (Å²) < 4.78 is 50.8. The molecule has 2 aromatic heterocycles. The minimum Gasteiger partial charge on any atom is -0.380 e. The zero-order valence-electron chi connectivity index (χ0n) is 18.9. The summed E-state index contributed by atoms with van der Waals surface area (Å²) in [7, 11) is -1.64. The molecule has 180 valence electrons. The molecule has 2 aromatic carbocycles. The van der Waals surface area contributed by atoms with Crippen molar-refractivity contribution in [1.29, 1.82) is 0 Å². The third-order valence-corrected chi connectivity index (χ3v) is 8.07. The van der Waals surface area contributed by atoms with Crippen molar-refractivity contribution < 1.29 is 22.1 Å². The third-order valence-electron chi connectivity index (χ3n) is 5.89. The standard InChI is InChI=1S/C25H23FN4O4S/c1-27-12-16-2-7-20(21(26)10-16)22-11-25(34-30-22)24-14-28-13-23(29-24)17-3-5-18(6-4-17)35(31,32)19-8-9-33-15-19/h2-7,10-11,13-14,19,27H,8-9,12,15H2,1H3. The molecule has 1 N–H and O–H groups in total. The highest BCUT2D eigenvalue weighted by Gasteiger charge is 2.31. The number of benzene rings is 2. The average molecular weight is 495 g/mol. The van der Waals surface area contributed by atoms with Gasteiger partial charge in [-0.2, -0.15) is 0 Å². The Morgan fingerprint density at radius 2 is 1.86 bits per heavy atom. The van der Waals surface area contributed by atoms with Crippen molar-refractivity contribution >= 4 is 9.84 Å². The van der Waals surface area contributed by atoms with Crippen molar-refractivity contribution in [3.05, 3.63) is 72.3 Å². The Morgan fingerprint density at radius 1 is 1.06 bits per heavy atom. The van der Waals surface area contributed by atoms with E-state index in [1.807, 2.05) is 6.07 Å². The van der Waals surface area contributed by atoms with Crippen LogP contribution in [0.2, 0.25) is 0 Å². The fourth-order valence-corrected chi connectivity index (χ4v) is 5.57. The molecule has 1 aliphatic rings. The Balaban J connectivity index is 1.39. The van der Waals surface area contributed by atoms with Crippen LogP contribution >= 0.6 is 0 Å². The number of rotatable bonds is 7. The summed E-state index contributed by atoms with van der Waals surface area (Å²) >= 11 is 0. The highest BCUT2D eigenvalue weighted by atomic mass is 32.2.